The summed E-state index contributed by atoms with van der Waals surface area (Å²) in [6, 6.07) is 12.6. The van der Waals surface area contributed by atoms with Crippen molar-refractivity contribution in [1.82, 2.24) is 0 Å². The van der Waals surface area contributed by atoms with Gasteiger partial charge in [0.2, 0.25) is 0 Å². The predicted octanol–water partition coefficient (Wildman–Crippen LogP) is 6.69. The lowest BCUT2D eigenvalue weighted by Gasteiger charge is -2.28. The molecule has 0 aliphatic carbocycles. The van der Waals surface area contributed by atoms with Crippen LogP contribution in [0.5, 0.6) is 11.5 Å². The summed E-state index contributed by atoms with van der Waals surface area (Å²) in [7, 11) is 0. The smallest absolute Gasteiger partial charge is 0.131 e. The first-order chi connectivity index (χ1) is 10.5. The lowest BCUT2D eigenvalue weighted by atomic mass is 9.82. The van der Waals surface area contributed by atoms with Gasteiger partial charge in [0.05, 0.1) is 0 Å². The second-order valence-electron chi connectivity index (χ2n) is 8.50. The van der Waals surface area contributed by atoms with Gasteiger partial charge in [-0.15, -0.1) is 0 Å². The molecule has 0 radical (unpaired) electrons. The maximum Gasteiger partial charge on any atom is 0.131 e. The molecule has 0 amide bonds. The number of hydrogen-bond acceptors (Lipinski definition) is 1. The van der Waals surface area contributed by atoms with Gasteiger partial charge in [-0.25, -0.2) is 0 Å². The Balaban J connectivity index is 2.59. The third kappa shape index (κ3) is 3.77. The lowest BCUT2D eigenvalue weighted by Crippen LogP contribution is -2.17. The van der Waals surface area contributed by atoms with E-state index < -0.39 is 0 Å². The Morgan fingerprint density at radius 3 is 1.26 bits per heavy atom. The standard InChI is InChI=1S/C22H30O/c1-15-11-9-13-17(19(15)21(3,4)5)23-18-14-10-12-16(2)20(18)22(6,7)8/h9-14H,1-8H3. The van der Waals surface area contributed by atoms with Crippen molar-refractivity contribution < 1.29 is 4.74 Å². The first-order valence-corrected chi connectivity index (χ1v) is 8.40. The fraction of sp³-hybridized carbons (Fsp3) is 0.455. The van der Waals surface area contributed by atoms with E-state index in [-0.39, 0.29) is 10.8 Å². The Labute approximate surface area is 141 Å². The molecule has 0 unspecified atom stereocenters. The van der Waals surface area contributed by atoms with Crippen LogP contribution in [0.1, 0.15) is 63.8 Å². The first-order valence-electron chi connectivity index (χ1n) is 8.40. The summed E-state index contributed by atoms with van der Waals surface area (Å²) in [4.78, 5) is 0. The van der Waals surface area contributed by atoms with Gasteiger partial charge in [0.15, 0.2) is 0 Å². The number of hydrogen-bond donors (Lipinski definition) is 0. The van der Waals surface area contributed by atoms with E-state index in [0.717, 1.165) is 11.5 Å². The van der Waals surface area contributed by atoms with Crippen LogP contribution in [0.3, 0.4) is 0 Å². The highest BCUT2D eigenvalue weighted by Crippen LogP contribution is 2.40. The maximum atomic E-state index is 6.46. The molecule has 0 aliphatic rings. The fourth-order valence-corrected chi connectivity index (χ4v) is 3.49. The Bertz CT molecular complexity index is 635. The SMILES string of the molecule is Cc1cccc(Oc2cccc(C)c2C(C)(C)C)c1C(C)(C)C. The molecule has 0 bridgehead atoms. The van der Waals surface area contributed by atoms with Gasteiger partial charge in [-0.05, 0) is 47.9 Å². The lowest BCUT2D eigenvalue weighted by molar-refractivity contribution is 0.434. The van der Waals surface area contributed by atoms with Crippen LogP contribution in [-0.4, -0.2) is 0 Å². The average molecular weight is 310 g/mol. The molecule has 0 heterocycles. The van der Waals surface area contributed by atoms with Crippen LogP contribution in [0.2, 0.25) is 0 Å². The molecule has 1 heteroatoms. The third-order valence-corrected chi connectivity index (χ3v) is 4.19. The highest BCUT2D eigenvalue weighted by atomic mass is 16.5. The van der Waals surface area contributed by atoms with Crippen molar-refractivity contribution in [3.05, 3.63) is 58.7 Å². The first kappa shape index (κ1) is 17.6. The van der Waals surface area contributed by atoms with E-state index in [9.17, 15) is 0 Å². The minimum absolute atomic E-state index is 0.0480. The van der Waals surface area contributed by atoms with Gasteiger partial charge in [0.1, 0.15) is 11.5 Å². The highest BCUT2D eigenvalue weighted by molar-refractivity contribution is 5.50. The van der Waals surface area contributed by atoms with Gasteiger partial charge in [0, 0.05) is 11.1 Å². The monoisotopic (exact) mass is 310 g/mol. The zero-order valence-electron chi connectivity index (χ0n) is 15.9. The number of benzene rings is 2. The molecular formula is C22H30O. The van der Waals surface area contributed by atoms with E-state index in [4.69, 9.17) is 4.74 Å². The van der Waals surface area contributed by atoms with Crippen molar-refractivity contribution in [2.24, 2.45) is 0 Å². The van der Waals surface area contributed by atoms with Crippen LogP contribution in [0.15, 0.2) is 36.4 Å². The molecule has 0 fully saturated rings. The van der Waals surface area contributed by atoms with Gasteiger partial charge in [-0.3, -0.25) is 0 Å². The van der Waals surface area contributed by atoms with Crippen LogP contribution in [-0.2, 0) is 10.8 Å². The van der Waals surface area contributed by atoms with Crippen LogP contribution in [0.25, 0.3) is 0 Å². The number of rotatable bonds is 2. The summed E-state index contributed by atoms with van der Waals surface area (Å²) in [5, 5.41) is 0. The minimum Gasteiger partial charge on any atom is -0.457 e. The quantitative estimate of drug-likeness (QED) is 0.600. The van der Waals surface area contributed by atoms with E-state index >= 15 is 0 Å². The summed E-state index contributed by atoms with van der Waals surface area (Å²) < 4.78 is 6.46. The van der Waals surface area contributed by atoms with Crippen molar-refractivity contribution >= 4 is 0 Å². The highest BCUT2D eigenvalue weighted by Gasteiger charge is 2.25. The summed E-state index contributed by atoms with van der Waals surface area (Å²) in [5.41, 5.74) is 5.21. The van der Waals surface area contributed by atoms with E-state index in [1.807, 2.05) is 0 Å². The van der Waals surface area contributed by atoms with Crippen molar-refractivity contribution in [3.8, 4) is 11.5 Å². The Kier molecular flexibility index (Phi) is 4.61. The van der Waals surface area contributed by atoms with E-state index in [1.54, 1.807) is 0 Å². The Morgan fingerprint density at radius 1 is 0.609 bits per heavy atom. The van der Waals surface area contributed by atoms with Gasteiger partial charge in [-0.1, -0.05) is 65.8 Å². The zero-order valence-corrected chi connectivity index (χ0v) is 15.9. The van der Waals surface area contributed by atoms with Crippen LogP contribution < -0.4 is 4.74 Å². The number of aryl methyl sites for hydroxylation is 2. The molecule has 124 valence electrons. The van der Waals surface area contributed by atoms with Crippen molar-refractivity contribution in [1.29, 1.82) is 0 Å². The fourth-order valence-electron chi connectivity index (χ4n) is 3.49. The van der Waals surface area contributed by atoms with E-state index in [2.05, 4.69) is 91.8 Å². The zero-order chi connectivity index (χ0) is 17.4. The average Bonchev–Trinajstić information content (AvgIpc) is 2.35. The van der Waals surface area contributed by atoms with Gasteiger partial charge in [-0.2, -0.15) is 0 Å². The van der Waals surface area contributed by atoms with E-state index in [1.165, 1.54) is 22.3 Å². The molecular weight excluding hydrogens is 280 g/mol. The minimum atomic E-state index is 0.0480. The van der Waals surface area contributed by atoms with Crippen LogP contribution in [0, 0.1) is 13.8 Å². The third-order valence-electron chi connectivity index (χ3n) is 4.19. The van der Waals surface area contributed by atoms with Crippen LogP contribution >= 0.6 is 0 Å². The second-order valence-corrected chi connectivity index (χ2v) is 8.50. The van der Waals surface area contributed by atoms with Crippen molar-refractivity contribution in [2.75, 3.05) is 0 Å². The van der Waals surface area contributed by atoms with Crippen molar-refractivity contribution in [2.45, 2.75) is 66.2 Å². The predicted molar refractivity (Wildman–Crippen MR) is 99.8 cm³/mol. The normalized spacial score (nSPS) is 12.3. The summed E-state index contributed by atoms with van der Waals surface area (Å²) in [6.45, 7) is 17.8. The number of ether oxygens (including phenoxy) is 1. The molecule has 2 aromatic rings. The van der Waals surface area contributed by atoms with Gasteiger partial charge in [0.25, 0.3) is 0 Å². The molecule has 23 heavy (non-hydrogen) atoms. The second kappa shape index (κ2) is 6.03. The Hall–Kier alpha value is -1.76. The summed E-state index contributed by atoms with van der Waals surface area (Å²) in [6.07, 6.45) is 0. The molecule has 1 nitrogen and oxygen atoms in total. The molecule has 0 atom stereocenters. The Morgan fingerprint density at radius 2 is 0.957 bits per heavy atom. The van der Waals surface area contributed by atoms with Crippen LogP contribution in [0.4, 0.5) is 0 Å². The molecule has 2 aromatic carbocycles. The summed E-state index contributed by atoms with van der Waals surface area (Å²) in [5.74, 6) is 1.93. The largest absolute Gasteiger partial charge is 0.457 e. The molecule has 0 saturated carbocycles. The van der Waals surface area contributed by atoms with Gasteiger partial charge >= 0.3 is 0 Å². The molecule has 2 rings (SSSR count). The molecule has 0 aliphatic heterocycles. The van der Waals surface area contributed by atoms with E-state index in [0.29, 0.717) is 0 Å². The van der Waals surface area contributed by atoms with Crippen molar-refractivity contribution in [3.63, 3.8) is 0 Å². The maximum absolute atomic E-state index is 6.46. The molecule has 0 N–H and O–H groups in total. The molecule has 0 spiro atoms. The topological polar surface area (TPSA) is 9.23 Å². The summed E-state index contributed by atoms with van der Waals surface area (Å²) >= 11 is 0. The van der Waals surface area contributed by atoms with Gasteiger partial charge < -0.3 is 4.74 Å². The molecule has 0 aromatic heterocycles. The molecule has 0 saturated heterocycles.